The maximum atomic E-state index is 12.3. The van der Waals surface area contributed by atoms with E-state index < -0.39 is 13.0 Å². The third-order valence-electron chi connectivity index (χ3n) is 3.62. The van der Waals surface area contributed by atoms with Crippen molar-refractivity contribution in [3.05, 3.63) is 54.0 Å². The van der Waals surface area contributed by atoms with E-state index in [-0.39, 0.29) is 5.95 Å². The van der Waals surface area contributed by atoms with Crippen molar-refractivity contribution in [1.82, 2.24) is 19.7 Å². The van der Waals surface area contributed by atoms with Crippen LogP contribution in [0.3, 0.4) is 0 Å². The van der Waals surface area contributed by atoms with Gasteiger partial charge in [-0.15, -0.1) is 0 Å². The molecule has 3 aromatic rings. The fourth-order valence-corrected chi connectivity index (χ4v) is 2.59. The van der Waals surface area contributed by atoms with E-state index in [9.17, 15) is 8.78 Å². The predicted molar refractivity (Wildman–Crippen MR) is 88.6 cm³/mol. The van der Waals surface area contributed by atoms with E-state index in [1.54, 1.807) is 12.3 Å². The van der Waals surface area contributed by atoms with Gasteiger partial charge in [0.15, 0.2) is 0 Å². The highest BCUT2D eigenvalue weighted by Crippen LogP contribution is 2.27. The Hall–Kier alpha value is -2.83. The number of alkyl halides is 2. The van der Waals surface area contributed by atoms with Crippen molar-refractivity contribution in [1.29, 1.82) is 0 Å². The van der Waals surface area contributed by atoms with Gasteiger partial charge in [-0.05, 0) is 32.0 Å². The van der Waals surface area contributed by atoms with Crippen LogP contribution >= 0.6 is 0 Å². The predicted octanol–water partition coefficient (Wildman–Crippen LogP) is 3.62. The van der Waals surface area contributed by atoms with E-state index in [4.69, 9.17) is 0 Å². The largest absolute Gasteiger partial charge is 0.348 e. The molecule has 1 aromatic carbocycles. The molecule has 0 saturated heterocycles. The lowest BCUT2D eigenvalue weighted by Gasteiger charge is -2.07. The molecule has 2 aromatic heterocycles. The van der Waals surface area contributed by atoms with Gasteiger partial charge in [-0.3, -0.25) is 0 Å². The maximum Gasteiger partial charge on any atom is 0.255 e. The second-order valence-corrected chi connectivity index (χ2v) is 5.33. The first-order valence-electron chi connectivity index (χ1n) is 7.53. The van der Waals surface area contributed by atoms with E-state index in [0.29, 0.717) is 5.69 Å². The van der Waals surface area contributed by atoms with Crippen LogP contribution < -0.4 is 5.32 Å². The molecule has 5 nitrogen and oxygen atoms in total. The molecule has 0 amide bonds. The van der Waals surface area contributed by atoms with E-state index in [0.717, 1.165) is 22.6 Å². The minimum Gasteiger partial charge on any atom is -0.348 e. The van der Waals surface area contributed by atoms with Gasteiger partial charge in [-0.2, -0.15) is 5.10 Å². The SMILES string of the molecule is Cc1nn(-c2ccccc2)c(C)c1-c1ccnc(NCC(F)F)n1. The van der Waals surface area contributed by atoms with Crippen LogP contribution in [0.2, 0.25) is 0 Å². The summed E-state index contributed by atoms with van der Waals surface area (Å²) in [5.74, 6) is 0.180. The second kappa shape index (κ2) is 6.74. The number of rotatable bonds is 5. The molecule has 0 unspecified atom stereocenters. The minimum atomic E-state index is -2.46. The lowest BCUT2D eigenvalue weighted by atomic mass is 10.1. The Labute approximate surface area is 138 Å². The first-order chi connectivity index (χ1) is 11.6. The van der Waals surface area contributed by atoms with E-state index in [1.807, 2.05) is 48.9 Å². The van der Waals surface area contributed by atoms with Crippen LogP contribution in [-0.2, 0) is 0 Å². The van der Waals surface area contributed by atoms with E-state index in [1.165, 1.54) is 0 Å². The molecule has 0 spiro atoms. The maximum absolute atomic E-state index is 12.3. The van der Waals surface area contributed by atoms with Gasteiger partial charge in [0.25, 0.3) is 6.43 Å². The molecule has 1 N–H and O–H groups in total. The lowest BCUT2D eigenvalue weighted by molar-refractivity contribution is 0.163. The Balaban J connectivity index is 1.98. The molecule has 0 aliphatic carbocycles. The third-order valence-corrected chi connectivity index (χ3v) is 3.62. The normalized spacial score (nSPS) is 11.0. The van der Waals surface area contributed by atoms with Gasteiger partial charge >= 0.3 is 0 Å². The molecular weight excluding hydrogens is 312 g/mol. The van der Waals surface area contributed by atoms with Crippen molar-refractivity contribution in [3.8, 4) is 16.9 Å². The smallest absolute Gasteiger partial charge is 0.255 e. The molecule has 3 rings (SSSR count). The van der Waals surface area contributed by atoms with Crippen LogP contribution in [0.4, 0.5) is 14.7 Å². The second-order valence-electron chi connectivity index (χ2n) is 5.33. The first-order valence-corrected chi connectivity index (χ1v) is 7.53. The van der Waals surface area contributed by atoms with Gasteiger partial charge < -0.3 is 5.32 Å². The number of hydrogen-bond donors (Lipinski definition) is 1. The van der Waals surface area contributed by atoms with Crippen LogP contribution in [0.25, 0.3) is 16.9 Å². The number of anilines is 1. The zero-order valence-corrected chi connectivity index (χ0v) is 13.4. The number of benzene rings is 1. The van der Waals surface area contributed by atoms with Crippen LogP contribution in [0.1, 0.15) is 11.4 Å². The molecule has 0 radical (unpaired) electrons. The fraction of sp³-hybridized carbons (Fsp3) is 0.235. The first kappa shape index (κ1) is 16.0. The molecule has 7 heteroatoms. The third kappa shape index (κ3) is 3.24. The van der Waals surface area contributed by atoms with Gasteiger partial charge in [0.05, 0.1) is 29.3 Å². The van der Waals surface area contributed by atoms with E-state index >= 15 is 0 Å². The molecule has 0 aliphatic heterocycles. The summed E-state index contributed by atoms with van der Waals surface area (Å²) in [6, 6.07) is 11.5. The highest BCUT2D eigenvalue weighted by atomic mass is 19.3. The number of nitrogens with one attached hydrogen (secondary N) is 1. The lowest BCUT2D eigenvalue weighted by Crippen LogP contribution is -2.12. The average molecular weight is 329 g/mol. The highest BCUT2D eigenvalue weighted by molar-refractivity contribution is 5.66. The van der Waals surface area contributed by atoms with Crippen molar-refractivity contribution < 1.29 is 8.78 Å². The zero-order valence-electron chi connectivity index (χ0n) is 13.4. The molecule has 0 fully saturated rings. The van der Waals surface area contributed by atoms with Crippen LogP contribution in [-0.4, -0.2) is 32.7 Å². The Morgan fingerprint density at radius 3 is 2.58 bits per heavy atom. The molecule has 0 atom stereocenters. The van der Waals surface area contributed by atoms with Gasteiger partial charge in [0.2, 0.25) is 5.95 Å². The molecular formula is C17H17F2N5. The summed E-state index contributed by atoms with van der Waals surface area (Å²) in [5, 5.41) is 7.11. The number of aromatic nitrogens is 4. The van der Waals surface area contributed by atoms with Crippen LogP contribution in [0.5, 0.6) is 0 Å². The number of aryl methyl sites for hydroxylation is 1. The van der Waals surface area contributed by atoms with Gasteiger partial charge in [-0.1, -0.05) is 18.2 Å². The van der Waals surface area contributed by atoms with Crippen molar-refractivity contribution in [3.63, 3.8) is 0 Å². The Bertz CT molecular complexity index is 830. The summed E-state index contributed by atoms with van der Waals surface area (Å²) in [6.07, 6.45) is -0.906. The topological polar surface area (TPSA) is 55.6 Å². The van der Waals surface area contributed by atoms with Crippen molar-refractivity contribution in [2.24, 2.45) is 0 Å². The van der Waals surface area contributed by atoms with Crippen LogP contribution in [0.15, 0.2) is 42.6 Å². The molecule has 124 valence electrons. The van der Waals surface area contributed by atoms with Gasteiger partial charge in [0, 0.05) is 11.8 Å². The molecule has 0 aliphatic rings. The summed E-state index contributed by atoms with van der Waals surface area (Å²) >= 11 is 0. The zero-order chi connectivity index (χ0) is 17.1. The summed E-state index contributed by atoms with van der Waals surface area (Å²) in [4.78, 5) is 8.31. The van der Waals surface area contributed by atoms with Gasteiger partial charge in [0.1, 0.15) is 0 Å². The monoisotopic (exact) mass is 329 g/mol. The van der Waals surface area contributed by atoms with E-state index in [2.05, 4.69) is 20.4 Å². The standard InChI is InChI=1S/C17H17F2N5/c1-11-16(12(2)24(23-11)13-6-4-3-5-7-13)14-8-9-20-17(22-14)21-10-15(18)19/h3-9,15H,10H2,1-2H3,(H,20,21,22). The Kier molecular flexibility index (Phi) is 4.50. The van der Waals surface area contributed by atoms with Crippen molar-refractivity contribution in [2.45, 2.75) is 20.3 Å². The van der Waals surface area contributed by atoms with Crippen molar-refractivity contribution >= 4 is 5.95 Å². The average Bonchev–Trinajstić information content (AvgIpc) is 2.88. The quantitative estimate of drug-likeness (QED) is 0.777. The Morgan fingerprint density at radius 1 is 1.12 bits per heavy atom. The molecule has 24 heavy (non-hydrogen) atoms. The number of hydrogen-bond acceptors (Lipinski definition) is 4. The highest BCUT2D eigenvalue weighted by Gasteiger charge is 2.16. The number of halogens is 2. The number of nitrogens with zero attached hydrogens (tertiary/aromatic N) is 4. The van der Waals surface area contributed by atoms with Crippen molar-refractivity contribution in [2.75, 3.05) is 11.9 Å². The Morgan fingerprint density at radius 2 is 1.88 bits per heavy atom. The molecule has 0 saturated carbocycles. The van der Waals surface area contributed by atoms with Crippen LogP contribution in [0, 0.1) is 13.8 Å². The van der Waals surface area contributed by atoms with Gasteiger partial charge in [-0.25, -0.2) is 23.4 Å². The summed E-state index contributed by atoms with van der Waals surface area (Å²) in [7, 11) is 0. The molecule has 2 heterocycles. The number of para-hydroxylation sites is 1. The summed E-state index contributed by atoms with van der Waals surface area (Å²) < 4.78 is 26.5. The summed E-state index contributed by atoms with van der Waals surface area (Å²) in [5.41, 5.74) is 4.22. The fourth-order valence-electron chi connectivity index (χ4n) is 2.59. The molecule has 0 bridgehead atoms. The minimum absolute atomic E-state index is 0.180. The summed E-state index contributed by atoms with van der Waals surface area (Å²) in [6.45, 7) is 3.37.